The van der Waals surface area contributed by atoms with E-state index in [9.17, 15) is 0 Å². The normalized spacial score (nSPS) is 14.0. The molecule has 1 aliphatic rings. The van der Waals surface area contributed by atoms with Crippen LogP contribution < -0.4 is 0 Å². The monoisotopic (exact) mass is 676 g/mol. The van der Waals surface area contributed by atoms with Gasteiger partial charge in [-0.3, -0.25) is 0 Å². The molecule has 0 fully saturated rings. The van der Waals surface area contributed by atoms with E-state index in [0.717, 1.165) is 33.4 Å². The van der Waals surface area contributed by atoms with E-state index in [2.05, 4.69) is 164 Å². The van der Waals surface area contributed by atoms with Crippen molar-refractivity contribution in [3.05, 3.63) is 181 Å². The third kappa shape index (κ3) is 3.89. The molecule has 1 aliphatic carbocycles. The smallest absolute Gasteiger partial charge is 0.141 e. The number of hydrogen-bond donors (Lipinski definition) is 0. The molecule has 0 radical (unpaired) electrons. The fourth-order valence-electron chi connectivity index (χ4n) is 8.95. The van der Waals surface area contributed by atoms with E-state index in [1.165, 1.54) is 80.1 Å². The van der Waals surface area contributed by atoms with Gasteiger partial charge in [-0.05, 0) is 78.2 Å². The summed E-state index contributed by atoms with van der Waals surface area (Å²) in [5.74, 6) is 0.695. The molecule has 0 saturated carbocycles. The highest BCUT2D eigenvalue weighted by atomic mass is 32.1. The molecule has 2 aromatic heterocycles. The van der Waals surface area contributed by atoms with E-state index in [1.54, 1.807) is 0 Å². The number of fused-ring (bicyclic) bond motifs is 14. The summed E-state index contributed by atoms with van der Waals surface area (Å²) in [7, 11) is 0. The maximum absolute atomic E-state index is 5.68. The summed E-state index contributed by atoms with van der Waals surface area (Å²) in [5, 5.41) is 13.5. The Morgan fingerprint density at radius 1 is 0.404 bits per heavy atom. The quantitative estimate of drug-likeness (QED) is 0.170. The third-order valence-electron chi connectivity index (χ3n) is 11.3. The molecule has 0 aliphatic heterocycles. The van der Waals surface area contributed by atoms with Crippen molar-refractivity contribution >= 4 is 85.5 Å². The van der Waals surface area contributed by atoms with Crippen molar-refractivity contribution in [2.45, 2.75) is 5.92 Å². The van der Waals surface area contributed by atoms with E-state index in [4.69, 9.17) is 9.97 Å². The lowest BCUT2D eigenvalue weighted by Gasteiger charge is -2.18. The van der Waals surface area contributed by atoms with Crippen molar-refractivity contribution < 1.29 is 0 Å². The molecular formula is C49H28N2S. The number of thiophene rings is 1. The van der Waals surface area contributed by atoms with Crippen molar-refractivity contribution in [3.63, 3.8) is 0 Å². The van der Waals surface area contributed by atoms with Crippen molar-refractivity contribution in [1.82, 2.24) is 9.97 Å². The Morgan fingerprint density at radius 3 is 1.83 bits per heavy atom. The molecule has 0 spiro atoms. The first-order valence-electron chi connectivity index (χ1n) is 17.9. The van der Waals surface area contributed by atoms with Crippen LogP contribution in [-0.2, 0) is 0 Å². The Balaban J connectivity index is 1.22. The van der Waals surface area contributed by atoms with Gasteiger partial charge in [-0.25, -0.2) is 9.97 Å². The maximum atomic E-state index is 5.68. The molecule has 2 nitrogen and oxygen atoms in total. The van der Waals surface area contributed by atoms with Crippen LogP contribution in [0.4, 0.5) is 0 Å². The van der Waals surface area contributed by atoms with Gasteiger partial charge >= 0.3 is 0 Å². The van der Waals surface area contributed by atoms with Gasteiger partial charge in [0.05, 0.1) is 17.1 Å². The predicted octanol–water partition coefficient (Wildman–Crippen LogP) is 13.4. The van der Waals surface area contributed by atoms with Gasteiger partial charge in [-0.1, -0.05) is 146 Å². The number of nitrogens with zero attached hydrogens (tertiary/aromatic N) is 2. The van der Waals surface area contributed by atoms with E-state index in [0.29, 0.717) is 0 Å². The average Bonchev–Trinajstić information content (AvgIpc) is 3.74. The second-order valence-electron chi connectivity index (χ2n) is 14.0. The van der Waals surface area contributed by atoms with Gasteiger partial charge in [-0.2, -0.15) is 0 Å². The van der Waals surface area contributed by atoms with Crippen LogP contribution in [0.25, 0.3) is 96.5 Å². The molecule has 0 saturated heterocycles. The van der Waals surface area contributed by atoms with Crippen LogP contribution in [0.5, 0.6) is 0 Å². The van der Waals surface area contributed by atoms with Crippen molar-refractivity contribution in [1.29, 1.82) is 0 Å². The summed E-state index contributed by atoms with van der Waals surface area (Å²) in [6.07, 6.45) is 0. The van der Waals surface area contributed by atoms with Crippen LogP contribution >= 0.6 is 11.3 Å². The molecule has 3 heteroatoms. The minimum atomic E-state index is -0.145. The highest BCUT2D eigenvalue weighted by molar-refractivity contribution is 7.26. The topological polar surface area (TPSA) is 25.8 Å². The molecule has 2 heterocycles. The maximum Gasteiger partial charge on any atom is 0.141 e. The van der Waals surface area contributed by atoms with E-state index >= 15 is 0 Å². The van der Waals surface area contributed by atoms with Crippen LogP contribution in [0.3, 0.4) is 0 Å². The van der Waals surface area contributed by atoms with E-state index in [1.807, 2.05) is 11.3 Å². The molecule has 52 heavy (non-hydrogen) atoms. The number of aromatic nitrogens is 2. The number of benzene rings is 9. The molecule has 0 N–H and O–H groups in total. The first kappa shape index (κ1) is 28.3. The molecule has 0 bridgehead atoms. The second kappa shape index (κ2) is 10.6. The summed E-state index contributed by atoms with van der Waals surface area (Å²) in [6.45, 7) is 0. The van der Waals surface area contributed by atoms with Crippen molar-refractivity contribution in [2.75, 3.05) is 0 Å². The van der Waals surface area contributed by atoms with Crippen LogP contribution in [0, 0.1) is 0 Å². The van der Waals surface area contributed by atoms with E-state index < -0.39 is 0 Å². The van der Waals surface area contributed by atoms with Crippen LogP contribution in [0.2, 0.25) is 0 Å². The lowest BCUT2D eigenvalue weighted by molar-refractivity contribution is 0.899. The molecule has 0 amide bonds. The second-order valence-corrected chi connectivity index (χ2v) is 15.1. The predicted molar refractivity (Wildman–Crippen MR) is 221 cm³/mol. The van der Waals surface area contributed by atoms with Gasteiger partial charge in [0.1, 0.15) is 5.82 Å². The highest BCUT2D eigenvalue weighted by Crippen LogP contribution is 2.53. The van der Waals surface area contributed by atoms with E-state index in [-0.39, 0.29) is 5.92 Å². The van der Waals surface area contributed by atoms with Gasteiger partial charge in [-0.15, -0.1) is 11.3 Å². The zero-order valence-electron chi connectivity index (χ0n) is 28.0. The first-order chi connectivity index (χ1) is 25.8. The SMILES string of the molecule is c1ccc2c(-c3nc(C4c5cc6c(cc5-c5ccc7ccccc7c54)sc4c5ccccc5ccc64)nc4c3ccc3ccccc34)cccc2c1. The van der Waals surface area contributed by atoms with Gasteiger partial charge in [0.25, 0.3) is 0 Å². The molecular weight excluding hydrogens is 649 g/mol. The summed E-state index contributed by atoms with van der Waals surface area (Å²) >= 11 is 1.91. The van der Waals surface area contributed by atoms with Gasteiger partial charge < -0.3 is 0 Å². The van der Waals surface area contributed by atoms with Crippen LogP contribution in [-0.4, -0.2) is 9.97 Å². The summed E-state index contributed by atoms with van der Waals surface area (Å²) < 4.78 is 2.66. The van der Waals surface area contributed by atoms with Crippen LogP contribution in [0.15, 0.2) is 164 Å². The zero-order valence-corrected chi connectivity index (χ0v) is 28.8. The zero-order chi connectivity index (χ0) is 33.9. The Bertz CT molecular complexity index is 3310. The Kier molecular flexibility index (Phi) is 5.74. The highest BCUT2D eigenvalue weighted by Gasteiger charge is 2.35. The Hall–Kier alpha value is -6.42. The minimum absolute atomic E-state index is 0.145. The fraction of sp³-hybridized carbons (Fsp3) is 0.0204. The lowest BCUT2D eigenvalue weighted by Crippen LogP contribution is -2.08. The Morgan fingerprint density at radius 2 is 1.02 bits per heavy atom. The third-order valence-corrected chi connectivity index (χ3v) is 12.5. The summed E-state index contributed by atoms with van der Waals surface area (Å²) in [6, 6.07) is 59.9. The Labute approximate surface area is 303 Å². The molecule has 240 valence electrons. The van der Waals surface area contributed by atoms with Gasteiger partial charge in [0, 0.05) is 36.5 Å². The molecule has 12 rings (SSSR count). The minimum Gasteiger partial charge on any atom is -0.231 e. The largest absolute Gasteiger partial charge is 0.231 e. The summed E-state index contributed by atoms with van der Waals surface area (Å²) in [5.41, 5.74) is 8.23. The number of hydrogen-bond acceptors (Lipinski definition) is 3. The standard InChI is InChI=1S/C49H28N2S/c1-5-15-32-28(10-1)14-9-19-37(32)47-39-25-22-30-12-3-7-17-34(30)46(39)50-49(51-47)45-42-26-41-38-24-21-31-13-4-8-18-35(31)48(38)52-43(41)27-40(42)36-23-20-29-11-2-6-16-33(29)44(36)45/h1-27,45H. The van der Waals surface area contributed by atoms with Gasteiger partial charge in [0.15, 0.2) is 0 Å². The lowest BCUT2D eigenvalue weighted by atomic mass is 9.90. The van der Waals surface area contributed by atoms with Crippen molar-refractivity contribution in [2.24, 2.45) is 0 Å². The fourth-order valence-corrected chi connectivity index (χ4v) is 10.2. The number of rotatable bonds is 2. The van der Waals surface area contributed by atoms with Crippen LogP contribution in [0.1, 0.15) is 22.9 Å². The molecule has 9 aromatic carbocycles. The molecule has 11 aromatic rings. The first-order valence-corrected chi connectivity index (χ1v) is 18.7. The van der Waals surface area contributed by atoms with Gasteiger partial charge in [0.2, 0.25) is 0 Å². The van der Waals surface area contributed by atoms with Crippen molar-refractivity contribution in [3.8, 4) is 22.4 Å². The molecule has 1 unspecified atom stereocenters. The average molecular weight is 677 g/mol. The molecule has 1 atom stereocenters. The summed E-state index contributed by atoms with van der Waals surface area (Å²) in [4.78, 5) is 11.3.